The second kappa shape index (κ2) is 36.6. The highest BCUT2D eigenvalue weighted by atomic mass is 32.1. The van der Waals surface area contributed by atoms with Gasteiger partial charge in [-0.15, -0.1) is 81.2 Å². The summed E-state index contributed by atoms with van der Waals surface area (Å²) in [5, 5.41) is 3.33. The van der Waals surface area contributed by atoms with E-state index in [1.54, 1.807) is 47.7 Å². The van der Waals surface area contributed by atoms with E-state index in [0.29, 0.717) is 58.3 Å². The van der Waals surface area contributed by atoms with Crippen LogP contribution in [0.5, 0.6) is 0 Å². The predicted molar refractivity (Wildman–Crippen MR) is 487 cm³/mol. The quantitative estimate of drug-likeness (QED) is 0.0165. The lowest BCUT2D eigenvalue weighted by Gasteiger charge is -2.44. The number of carbonyl (C=O) groups excluding carboxylic acids is 4. The topological polar surface area (TPSA) is 79.7 Å². The van der Waals surface area contributed by atoms with Gasteiger partial charge in [-0.3, -0.25) is 29.0 Å². The van der Waals surface area contributed by atoms with Gasteiger partial charge in [-0.2, -0.15) is 0 Å². The highest BCUT2D eigenvalue weighted by molar-refractivity contribution is 7.32. The molecule has 0 N–H and O–H groups in total. The van der Waals surface area contributed by atoms with Gasteiger partial charge in [0.25, 0.3) is 23.6 Å². The third kappa shape index (κ3) is 16.4. The van der Waals surface area contributed by atoms with Crippen molar-refractivity contribution in [3.8, 4) is 29.3 Å². The number of hydrogen-bond acceptors (Lipinski definition) is 10. The van der Waals surface area contributed by atoms with E-state index in [9.17, 15) is 0 Å². The van der Waals surface area contributed by atoms with E-state index in [1.807, 2.05) is 46.2 Å². The van der Waals surface area contributed by atoms with Crippen molar-refractivity contribution in [2.75, 3.05) is 0 Å². The standard InChI is InChI=1S/C96H141N3O4S6Si/c1-22-33-39-41-45-51-66(31-10)98-89(100)77-79(91(98)102)87(93(13,14)15)108-83(77)71-55-69-81(104-71)82-70(97(69)68(53-62(28-7)48-43-35-24-3)54-63(29-8)49-44-36-25-4)56-76(107-82)95(18,19)96(20,21)88-80-78(90(101)99(92(80)103)67(32-11)52-46-42-40-34-23-2)84(109-88)72-57-73-85(105-72)86-74-58-75(106-86)94(16,17)61(12)65(50-38-27-6)60-110(73,74)59-64(30-9)47-37-26-5/h31-32,55-58,61-68H,10-11,22-30,33-54,59-60H2,1-9,12-21H3. The number of rotatable bonds is 45. The average molecular weight is 1620 g/mol. The summed E-state index contributed by atoms with van der Waals surface area (Å²) in [4.78, 5) is 78.4. The van der Waals surface area contributed by atoms with Crippen LogP contribution in [0.15, 0.2) is 49.6 Å². The molecule has 0 aromatic carbocycles. The highest BCUT2D eigenvalue weighted by Gasteiger charge is 2.57. The Kier molecular flexibility index (Phi) is 28.9. The summed E-state index contributed by atoms with van der Waals surface area (Å²) in [6.45, 7) is 53.7. The molecule has 0 saturated heterocycles. The number of aromatic nitrogens is 1. The molecule has 0 aliphatic carbocycles. The Morgan fingerprint density at radius 3 is 1.45 bits per heavy atom. The summed E-state index contributed by atoms with van der Waals surface area (Å²) in [6, 6.07) is 12.4. The fraction of sp³-hybridized carbons (Fsp3) is 0.667. The number of imide groups is 2. The van der Waals surface area contributed by atoms with E-state index in [1.165, 1.54) is 161 Å². The largest absolute Gasteiger partial charge is 0.336 e. The van der Waals surface area contributed by atoms with Crippen molar-refractivity contribution in [2.24, 2.45) is 29.6 Å². The summed E-state index contributed by atoms with van der Waals surface area (Å²) in [6.07, 6.45) is 39.2. The van der Waals surface area contributed by atoms with Crippen LogP contribution in [0.3, 0.4) is 0 Å². The maximum absolute atomic E-state index is 16.3. The Hall–Kier alpha value is -4.02. The molecule has 4 amide bonds. The van der Waals surface area contributed by atoms with Crippen LogP contribution in [0.25, 0.3) is 49.7 Å². The van der Waals surface area contributed by atoms with Crippen molar-refractivity contribution < 1.29 is 19.2 Å². The minimum Gasteiger partial charge on any atom is -0.336 e. The van der Waals surface area contributed by atoms with E-state index in [-0.39, 0.29) is 46.5 Å². The van der Waals surface area contributed by atoms with Crippen LogP contribution in [0.2, 0.25) is 12.1 Å². The smallest absolute Gasteiger partial charge is 0.263 e. The first kappa shape index (κ1) is 86.8. The molecule has 11 heterocycles. The van der Waals surface area contributed by atoms with Crippen LogP contribution in [-0.2, 0) is 21.7 Å². The Bertz CT molecular complexity index is 4350. The predicted octanol–water partition coefficient (Wildman–Crippen LogP) is 30.1. The molecule has 8 unspecified atom stereocenters. The van der Waals surface area contributed by atoms with Gasteiger partial charge in [-0.1, -0.05) is 317 Å². The van der Waals surface area contributed by atoms with Crippen molar-refractivity contribution in [3.05, 3.63) is 91.3 Å². The van der Waals surface area contributed by atoms with Gasteiger partial charge < -0.3 is 4.57 Å². The first-order valence-electron chi connectivity index (χ1n) is 44.3. The van der Waals surface area contributed by atoms with Gasteiger partial charge in [-0.05, 0) is 107 Å². The zero-order chi connectivity index (χ0) is 79.5. The number of fused-ring (bicyclic) bond motifs is 9. The van der Waals surface area contributed by atoms with Crippen molar-refractivity contribution >= 4 is 131 Å². The van der Waals surface area contributed by atoms with Gasteiger partial charge >= 0.3 is 0 Å². The van der Waals surface area contributed by atoms with Crippen LogP contribution in [0.4, 0.5) is 0 Å². The molecular weight excluding hydrogens is 1480 g/mol. The number of unbranched alkanes of at least 4 members (excludes halogenated alkanes) is 14. The van der Waals surface area contributed by atoms with Gasteiger partial charge in [0.15, 0.2) is 0 Å². The fourth-order valence-electron chi connectivity index (χ4n) is 19.9. The molecule has 7 nitrogen and oxygen atoms in total. The van der Waals surface area contributed by atoms with Crippen molar-refractivity contribution in [1.29, 1.82) is 0 Å². The lowest BCUT2D eigenvalue weighted by molar-refractivity contribution is 0.0591. The molecule has 14 heteroatoms. The Morgan fingerprint density at radius 1 is 0.482 bits per heavy atom. The second-order valence-corrected chi connectivity index (χ2v) is 47.5. The summed E-state index contributed by atoms with van der Waals surface area (Å²) >= 11 is 11.2. The normalized spacial score (nSPS) is 19.4. The molecule has 8 atom stereocenters. The van der Waals surface area contributed by atoms with Gasteiger partial charge in [-0.25, -0.2) is 0 Å². The maximum Gasteiger partial charge on any atom is 0.263 e. The Balaban J connectivity index is 1.11. The Morgan fingerprint density at radius 2 is 0.927 bits per heavy atom. The molecule has 11 rings (SSSR count). The van der Waals surface area contributed by atoms with Crippen LogP contribution in [0, 0.1) is 29.6 Å². The molecule has 7 aromatic heterocycles. The van der Waals surface area contributed by atoms with Crippen molar-refractivity contribution in [3.63, 3.8) is 0 Å². The van der Waals surface area contributed by atoms with Crippen molar-refractivity contribution in [2.45, 2.75) is 382 Å². The molecule has 4 aliphatic rings. The monoisotopic (exact) mass is 1620 g/mol. The molecule has 2 bridgehead atoms. The summed E-state index contributed by atoms with van der Waals surface area (Å²) in [5.41, 5.74) is 3.41. The minimum absolute atomic E-state index is 0.0582. The number of amides is 4. The Labute approximate surface area is 691 Å². The first-order chi connectivity index (χ1) is 52.6. The van der Waals surface area contributed by atoms with Crippen LogP contribution >= 0.6 is 68.0 Å². The summed E-state index contributed by atoms with van der Waals surface area (Å²) < 4.78 is 5.34. The number of carbonyl (C=O) groups is 4. The van der Waals surface area contributed by atoms with E-state index in [0.717, 1.165) is 108 Å². The van der Waals surface area contributed by atoms with E-state index >= 15 is 19.2 Å². The van der Waals surface area contributed by atoms with E-state index < -0.39 is 24.9 Å². The van der Waals surface area contributed by atoms with E-state index in [2.05, 4.69) is 185 Å². The van der Waals surface area contributed by atoms with E-state index in [4.69, 9.17) is 0 Å². The molecule has 0 spiro atoms. The lowest BCUT2D eigenvalue weighted by Crippen LogP contribution is -2.58. The third-order valence-electron chi connectivity index (χ3n) is 28.1. The maximum atomic E-state index is 16.3. The molecular formula is C96H141N3O4S6Si. The molecule has 0 radical (unpaired) electrons. The summed E-state index contributed by atoms with van der Waals surface area (Å²) in [7, 11) is -2.40. The third-order valence-corrected chi connectivity index (χ3v) is 42.8. The number of thiophene rings is 6. The summed E-state index contributed by atoms with van der Waals surface area (Å²) in [5.74, 6) is 2.31. The minimum atomic E-state index is -2.40. The van der Waals surface area contributed by atoms with Gasteiger partial charge in [0.2, 0.25) is 0 Å². The fourth-order valence-corrected chi connectivity index (χ4v) is 36.3. The molecule has 4 aliphatic heterocycles. The van der Waals surface area contributed by atoms with Gasteiger partial charge in [0.05, 0.1) is 64.5 Å². The second-order valence-electron chi connectivity index (χ2n) is 37.2. The lowest BCUT2D eigenvalue weighted by atomic mass is 9.65. The zero-order valence-electron chi connectivity index (χ0n) is 71.8. The zero-order valence-corrected chi connectivity index (χ0v) is 77.7. The highest BCUT2D eigenvalue weighted by Crippen LogP contribution is 2.60. The molecule has 0 fully saturated rings. The number of nitrogens with zero attached hydrogens (tertiary/aromatic N) is 3. The van der Waals surface area contributed by atoms with Crippen LogP contribution in [0.1, 0.15) is 398 Å². The molecule has 110 heavy (non-hydrogen) atoms. The molecule has 7 aromatic rings. The van der Waals surface area contributed by atoms with Crippen molar-refractivity contribution in [1.82, 2.24) is 14.4 Å². The molecule has 604 valence electrons. The molecule has 0 saturated carbocycles. The van der Waals surface area contributed by atoms with Gasteiger partial charge in [0.1, 0.15) is 8.07 Å². The SMILES string of the molecule is C=CC(CCCCCCC)N1C(=O)c2c(-c3cc4c(s3)c3sc(C(C)(C)C(C)(C)c5sc(-c6cc7c(s6)-c6sc8cc6[Si]7(CC(CC)CCCC)CC(CCCC)C(C)C8(C)C)c6c5C(=O)N(C(C=C)CCCCCCC)C6=O)cc3n4C(CC(CC)CCCCC)CC(CC)CCCCC)sc(C(C)(C)C)c2C1=O. The van der Waals surface area contributed by atoms with Crippen LogP contribution < -0.4 is 10.4 Å². The number of hydrogen-bond donors (Lipinski definition) is 0. The average Bonchev–Trinajstić information content (AvgIpc) is 1.53. The van der Waals surface area contributed by atoms with Crippen LogP contribution in [-0.4, -0.2) is 58.2 Å². The van der Waals surface area contributed by atoms with Gasteiger partial charge in [0, 0.05) is 61.3 Å². The first-order valence-corrected chi connectivity index (χ1v) is 51.6.